The molecule has 1 heterocycles. The zero-order valence-electron chi connectivity index (χ0n) is 17.5. The van der Waals surface area contributed by atoms with Gasteiger partial charge in [0.1, 0.15) is 11.6 Å². The van der Waals surface area contributed by atoms with Crippen LogP contribution >= 0.6 is 24.8 Å². The maximum atomic E-state index is 13.1. The third-order valence-corrected chi connectivity index (χ3v) is 6.02. The van der Waals surface area contributed by atoms with Crippen molar-refractivity contribution < 1.29 is 9.13 Å². The van der Waals surface area contributed by atoms with E-state index in [0.717, 1.165) is 57.2 Å². The van der Waals surface area contributed by atoms with Gasteiger partial charge in [-0.2, -0.15) is 0 Å². The van der Waals surface area contributed by atoms with Crippen LogP contribution in [0.3, 0.4) is 0 Å². The number of halogens is 3. The number of rotatable bonds is 8. The van der Waals surface area contributed by atoms with Gasteiger partial charge in [0, 0.05) is 31.9 Å². The SMILES string of the molecule is Cl.Cl.Fc1ccc(N2CCN(CCCCCOc3ccc4c(c3)CCC4)CC2)cc1. The molecule has 2 aromatic carbocycles. The predicted octanol–water partition coefficient (Wildman–Crippen LogP) is 5.53. The van der Waals surface area contributed by atoms with E-state index >= 15 is 0 Å². The molecule has 0 radical (unpaired) electrons. The van der Waals surface area contributed by atoms with Crippen LogP contribution < -0.4 is 9.64 Å². The molecule has 4 rings (SSSR count). The Bertz CT molecular complexity index is 764. The summed E-state index contributed by atoms with van der Waals surface area (Å²) in [7, 11) is 0. The lowest BCUT2D eigenvalue weighted by Gasteiger charge is -2.36. The molecule has 2 aromatic rings. The van der Waals surface area contributed by atoms with Crippen molar-refractivity contribution >= 4 is 30.5 Å². The number of ether oxygens (including phenoxy) is 1. The standard InChI is InChI=1S/C24H31FN2O.2ClH/c25-22-8-10-23(11-9-22)27-16-14-26(15-17-27)13-2-1-3-18-28-24-12-7-20-5-4-6-21(20)19-24;;/h7-12,19H,1-6,13-18H2;2*1H. The van der Waals surface area contributed by atoms with E-state index < -0.39 is 0 Å². The number of fused-ring (bicyclic) bond motifs is 1. The molecule has 0 saturated carbocycles. The van der Waals surface area contributed by atoms with Gasteiger partial charge in [0.25, 0.3) is 0 Å². The second kappa shape index (κ2) is 12.4. The molecule has 1 fully saturated rings. The Morgan fingerprint density at radius 1 is 0.800 bits per heavy atom. The molecule has 2 aliphatic rings. The largest absolute Gasteiger partial charge is 0.494 e. The minimum Gasteiger partial charge on any atom is -0.494 e. The van der Waals surface area contributed by atoms with Gasteiger partial charge < -0.3 is 9.64 Å². The number of hydrogen-bond acceptors (Lipinski definition) is 3. The smallest absolute Gasteiger partial charge is 0.123 e. The molecule has 0 amide bonds. The fraction of sp³-hybridized carbons (Fsp3) is 0.500. The fourth-order valence-electron chi connectivity index (χ4n) is 4.32. The number of hydrogen-bond donors (Lipinski definition) is 0. The van der Waals surface area contributed by atoms with Gasteiger partial charge in [-0.3, -0.25) is 4.90 Å². The van der Waals surface area contributed by atoms with Gasteiger partial charge in [-0.05, 0) is 92.6 Å². The van der Waals surface area contributed by atoms with Crippen LogP contribution in [0.1, 0.15) is 36.8 Å². The normalized spacial score (nSPS) is 15.8. The molecule has 6 heteroatoms. The topological polar surface area (TPSA) is 15.7 Å². The van der Waals surface area contributed by atoms with Crippen LogP contribution in [-0.4, -0.2) is 44.2 Å². The van der Waals surface area contributed by atoms with Gasteiger partial charge in [0.15, 0.2) is 0 Å². The van der Waals surface area contributed by atoms with Gasteiger partial charge in [-0.15, -0.1) is 24.8 Å². The molecule has 166 valence electrons. The van der Waals surface area contributed by atoms with Crippen molar-refractivity contribution in [2.75, 3.05) is 44.2 Å². The summed E-state index contributed by atoms with van der Waals surface area (Å²) in [6.07, 6.45) is 7.28. The molecule has 1 aliphatic heterocycles. The van der Waals surface area contributed by atoms with Crippen molar-refractivity contribution in [2.24, 2.45) is 0 Å². The highest BCUT2D eigenvalue weighted by Gasteiger charge is 2.16. The minimum absolute atomic E-state index is 0. The summed E-state index contributed by atoms with van der Waals surface area (Å²) in [4.78, 5) is 4.89. The number of anilines is 1. The summed E-state index contributed by atoms with van der Waals surface area (Å²) in [5.41, 5.74) is 4.12. The zero-order chi connectivity index (χ0) is 19.2. The van der Waals surface area contributed by atoms with E-state index in [-0.39, 0.29) is 30.6 Å². The molecule has 0 unspecified atom stereocenters. The summed E-state index contributed by atoms with van der Waals surface area (Å²) in [6.45, 7) is 6.19. The molecular formula is C24H33Cl2FN2O. The first-order valence-electron chi connectivity index (χ1n) is 10.8. The first-order chi connectivity index (χ1) is 13.8. The minimum atomic E-state index is -0.164. The molecule has 3 nitrogen and oxygen atoms in total. The van der Waals surface area contributed by atoms with E-state index in [9.17, 15) is 4.39 Å². The molecule has 0 bridgehead atoms. The lowest BCUT2D eigenvalue weighted by atomic mass is 10.1. The maximum absolute atomic E-state index is 13.1. The van der Waals surface area contributed by atoms with Gasteiger partial charge in [0.2, 0.25) is 0 Å². The van der Waals surface area contributed by atoms with Crippen molar-refractivity contribution in [1.29, 1.82) is 0 Å². The highest BCUT2D eigenvalue weighted by molar-refractivity contribution is 5.85. The van der Waals surface area contributed by atoms with Gasteiger partial charge >= 0.3 is 0 Å². The first-order valence-corrected chi connectivity index (χ1v) is 10.8. The molecule has 1 aliphatic carbocycles. The van der Waals surface area contributed by atoms with Crippen LogP contribution in [0.15, 0.2) is 42.5 Å². The molecule has 0 spiro atoms. The third-order valence-electron chi connectivity index (χ3n) is 6.02. The van der Waals surface area contributed by atoms with E-state index in [1.165, 1.54) is 43.2 Å². The van der Waals surface area contributed by atoms with Crippen LogP contribution in [0.25, 0.3) is 0 Å². The average molecular weight is 455 g/mol. The van der Waals surface area contributed by atoms with Crippen LogP contribution in [0, 0.1) is 5.82 Å². The van der Waals surface area contributed by atoms with E-state index in [1.807, 2.05) is 12.1 Å². The molecular weight excluding hydrogens is 422 g/mol. The Kier molecular flexibility index (Phi) is 10.2. The Morgan fingerprint density at radius 3 is 2.30 bits per heavy atom. The summed E-state index contributed by atoms with van der Waals surface area (Å²) >= 11 is 0. The summed E-state index contributed by atoms with van der Waals surface area (Å²) in [5.74, 6) is 0.875. The van der Waals surface area contributed by atoms with Gasteiger partial charge in [-0.1, -0.05) is 6.07 Å². The summed E-state index contributed by atoms with van der Waals surface area (Å²) in [6, 6.07) is 13.5. The van der Waals surface area contributed by atoms with Crippen LogP contribution in [0.4, 0.5) is 10.1 Å². The Balaban J connectivity index is 0.00000160. The Hall–Kier alpha value is -1.49. The lowest BCUT2D eigenvalue weighted by molar-refractivity contribution is 0.246. The molecule has 0 aromatic heterocycles. The average Bonchev–Trinajstić information content (AvgIpc) is 3.19. The molecule has 1 saturated heterocycles. The number of nitrogens with zero attached hydrogens (tertiary/aromatic N) is 2. The van der Waals surface area contributed by atoms with Crippen LogP contribution in [-0.2, 0) is 12.8 Å². The Labute approximate surface area is 192 Å². The maximum Gasteiger partial charge on any atom is 0.123 e. The van der Waals surface area contributed by atoms with E-state index in [4.69, 9.17) is 4.74 Å². The highest BCUT2D eigenvalue weighted by Crippen LogP contribution is 2.26. The third kappa shape index (κ3) is 6.76. The second-order valence-corrected chi connectivity index (χ2v) is 8.00. The number of benzene rings is 2. The summed E-state index contributed by atoms with van der Waals surface area (Å²) < 4.78 is 19.0. The van der Waals surface area contributed by atoms with E-state index in [2.05, 4.69) is 28.0 Å². The number of unbranched alkanes of at least 4 members (excludes halogenated alkanes) is 2. The van der Waals surface area contributed by atoms with Gasteiger partial charge in [-0.25, -0.2) is 4.39 Å². The van der Waals surface area contributed by atoms with Crippen LogP contribution in [0.5, 0.6) is 5.75 Å². The van der Waals surface area contributed by atoms with E-state index in [0.29, 0.717) is 0 Å². The van der Waals surface area contributed by atoms with Crippen LogP contribution in [0.2, 0.25) is 0 Å². The van der Waals surface area contributed by atoms with Crippen molar-refractivity contribution in [1.82, 2.24) is 4.90 Å². The Morgan fingerprint density at radius 2 is 1.53 bits per heavy atom. The second-order valence-electron chi connectivity index (χ2n) is 8.00. The predicted molar refractivity (Wildman–Crippen MR) is 127 cm³/mol. The molecule has 0 N–H and O–H groups in total. The number of aryl methyl sites for hydroxylation is 2. The zero-order valence-corrected chi connectivity index (χ0v) is 19.2. The quantitative estimate of drug-likeness (QED) is 0.487. The van der Waals surface area contributed by atoms with Gasteiger partial charge in [0.05, 0.1) is 6.61 Å². The first kappa shape index (κ1) is 24.8. The molecule has 30 heavy (non-hydrogen) atoms. The molecule has 0 atom stereocenters. The van der Waals surface area contributed by atoms with Crippen molar-refractivity contribution in [3.05, 3.63) is 59.4 Å². The monoisotopic (exact) mass is 454 g/mol. The van der Waals surface area contributed by atoms with E-state index in [1.54, 1.807) is 12.1 Å². The number of piperazine rings is 1. The van der Waals surface area contributed by atoms with Crippen molar-refractivity contribution in [2.45, 2.75) is 38.5 Å². The van der Waals surface area contributed by atoms with Crippen molar-refractivity contribution in [3.63, 3.8) is 0 Å². The van der Waals surface area contributed by atoms with Crippen molar-refractivity contribution in [3.8, 4) is 5.75 Å². The lowest BCUT2D eigenvalue weighted by Crippen LogP contribution is -2.46. The summed E-state index contributed by atoms with van der Waals surface area (Å²) in [5, 5.41) is 0. The highest BCUT2D eigenvalue weighted by atomic mass is 35.5. The fourth-order valence-corrected chi connectivity index (χ4v) is 4.32.